The van der Waals surface area contributed by atoms with Crippen LogP contribution in [-0.4, -0.2) is 33.5 Å². The first kappa shape index (κ1) is 20.9. The second-order valence-corrected chi connectivity index (χ2v) is 7.49. The third kappa shape index (κ3) is 4.37. The summed E-state index contributed by atoms with van der Waals surface area (Å²) in [5, 5.41) is 4.20. The Morgan fingerprint density at radius 3 is 2.64 bits per heavy atom. The van der Waals surface area contributed by atoms with Gasteiger partial charge in [0, 0.05) is 23.1 Å². The number of aromatic nitrogens is 3. The van der Waals surface area contributed by atoms with Crippen LogP contribution >= 0.6 is 11.3 Å². The fourth-order valence-corrected chi connectivity index (χ4v) is 3.82. The van der Waals surface area contributed by atoms with Crippen molar-refractivity contribution in [3.8, 4) is 27.8 Å². The number of fused-ring (bicyclic) bond motifs is 2. The summed E-state index contributed by atoms with van der Waals surface area (Å²) in [6.07, 6.45) is -8.60. The number of rotatable bonds is 4. The number of benzene rings is 2. The number of H-pyrrole nitrogens is 1. The van der Waals surface area contributed by atoms with Gasteiger partial charge in [0.1, 0.15) is 16.5 Å². The summed E-state index contributed by atoms with van der Waals surface area (Å²) < 4.78 is 76.2. The topological polar surface area (TPSA) is 98.4 Å². The third-order valence-corrected chi connectivity index (χ3v) is 5.18. The summed E-state index contributed by atoms with van der Waals surface area (Å²) in [5.41, 5.74) is 0.874. The maximum Gasteiger partial charge on any atom is 0.586 e. The zero-order valence-electron chi connectivity index (χ0n) is 15.9. The van der Waals surface area contributed by atoms with E-state index in [0.717, 1.165) is 23.5 Å². The molecule has 2 aromatic heterocycles. The quantitative estimate of drug-likeness (QED) is 0.389. The molecule has 0 unspecified atom stereocenters. The van der Waals surface area contributed by atoms with Crippen LogP contribution in [0, 0.1) is 0 Å². The van der Waals surface area contributed by atoms with E-state index >= 15 is 0 Å². The summed E-state index contributed by atoms with van der Waals surface area (Å²) in [5.74, 6) is -1.43. The minimum absolute atomic E-state index is 0.00796. The molecular weight excluding hydrogens is 475 g/mol. The van der Waals surface area contributed by atoms with Crippen molar-refractivity contribution >= 4 is 34.2 Å². The fraction of sp³-hybridized carbons (Fsp3) is 0.105. The van der Waals surface area contributed by atoms with Gasteiger partial charge in [-0.3, -0.25) is 10.1 Å². The van der Waals surface area contributed by atoms with Crippen LogP contribution in [0.3, 0.4) is 0 Å². The first-order valence-electron chi connectivity index (χ1n) is 8.97. The molecule has 1 amide bonds. The van der Waals surface area contributed by atoms with Crippen molar-refractivity contribution in [3.63, 3.8) is 0 Å². The van der Waals surface area contributed by atoms with Gasteiger partial charge in [-0.1, -0.05) is 12.1 Å². The number of hydrogen-bond acceptors (Lipinski definition) is 7. The summed E-state index contributed by atoms with van der Waals surface area (Å²) in [6, 6.07) is 7.68. The number of nitrogens with zero attached hydrogens (tertiary/aromatic N) is 2. The Morgan fingerprint density at radius 1 is 1.12 bits per heavy atom. The molecule has 5 rings (SSSR count). The van der Waals surface area contributed by atoms with Gasteiger partial charge in [0.15, 0.2) is 11.5 Å². The maximum absolute atomic E-state index is 13.2. The number of imidazole rings is 1. The number of ether oxygens (including phenoxy) is 3. The number of thiazole rings is 1. The van der Waals surface area contributed by atoms with E-state index in [-0.39, 0.29) is 28.7 Å². The summed E-state index contributed by atoms with van der Waals surface area (Å²) in [7, 11) is 0. The van der Waals surface area contributed by atoms with Crippen LogP contribution in [-0.2, 0) is 0 Å². The van der Waals surface area contributed by atoms with Gasteiger partial charge in [-0.2, -0.15) is 0 Å². The number of hydrogen-bond donors (Lipinski definition) is 2. The van der Waals surface area contributed by atoms with Gasteiger partial charge in [-0.15, -0.1) is 33.3 Å². The van der Waals surface area contributed by atoms with E-state index in [2.05, 4.69) is 34.5 Å². The van der Waals surface area contributed by atoms with Gasteiger partial charge < -0.3 is 19.2 Å². The molecule has 0 atom stereocenters. The van der Waals surface area contributed by atoms with Gasteiger partial charge in [-0.25, -0.2) is 9.97 Å². The molecule has 0 saturated carbocycles. The van der Waals surface area contributed by atoms with Crippen molar-refractivity contribution < 1.29 is 41.0 Å². The molecule has 170 valence electrons. The normalized spacial score (nSPS) is 14.5. The van der Waals surface area contributed by atoms with E-state index in [0.29, 0.717) is 16.1 Å². The summed E-state index contributed by atoms with van der Waals surface area (Å²) >= 11 is 1.04. The van der Waals surface area contributed by atoms with Crippen LogP contribution in [0.2, 0.25) is 0 Å². The first-order valence-corrected chi connectivity index (χ1v) is 9.85. The highest BCUT2D eigenvalue weighted by Crippen LogP contribution is 2.43. The van der Waals surface area contributed by atoms with Crippen molar-refractivity contribution in [1.82, 2.24) is 15.0 Å². The second-order valence-electron chi connectivity index (χ2n) is 6.64. The number of halogens is 5. The van der Waals surface area contributed by atoms with Crippen molar-refractivity contribution in [2.24, 2.45) is 0 Å². The smallest absolute Gasteiger partial charge is 0.406 e. The number of carbonyl (C=O) groups is 1. The van der Waals surface area contributed by atoms with E-state index in [1.807, 2.05) is 0 Å². The number of nitrogens with one attached hydrogen (secondary N) is 2. The van der Waals surface area contributed by atoms with Crippen LogP contribution in [0.15, 0.2) is 41.8 Å². The molecule has 14 heteroatoms. The lowest BCUT2D eigenvalue weighted by molar-refractivity contribution is -0.286. The number of anilines is 1. The lowest BCUT2D eigenvalue weighted by Gasteiger charge is -2.09. The fourth-order valence-electron chi connectivity index (χ4n) is 3.02. The Labute approximate surface area is 183 Å². The molecule has 2 aromatic carbocycles. The number of aromatic amines is 1. The molecule has 33 heavy (non-hydrogen) atoms. The molecule has 3 heterocycles. The maximum atomic E-state index is 13.2. The molecule has 0 aliphatic carbocycles. The minimum Gasteiger partial charge on any atom is -0.406 e. The first-order chi connectivity index (χ1) is 15.5. The molecule has 2 N–H and O–H groups in total. The summed E-state index contributed by atoms with van der Waals surface area (Å²) in [4.78, 5) is 23.5. The largest absolute Gasteiger partial charge is 0.586 e. The highest BCUT2D eigenvalue weighted by molar-refractivity contribution is 7.13. The van der Waals surface area contributed by atoms with Crippen molar-refractivity contribution in [2.45, 2.75) is 12.7 Å². The second kappa shape index (κ2) is 7.30. The molecule has 0 spiro atoms. The van der Waals surface area contributed by atoms with Crippen molar-refractivity contribution in [3.05, 3.63) is 47.5 Å². The zero-order valence-corrected chi connectivity index (χ0v) is 16.7. The average Bonchev–Trinajstić information content (AvgIpc) is 3.39. The Bertz CT molecular complexity index is 1340. The minimum atomic E-state index is -4.83. The molecule has 8 nitrogen and oxygen atoms in total. The number of alkyl halides is 5. The van der Waals surface area contributed by atoms with E-state index in [9.17, 15) is 26.7 Å². The summed E-state index contributed by atoms with van der Waals surface area (Å²) in [6.45, 7) is 0. The number of amides is 1. The van der Waals surface area contributed by atoms with E-state index in [1.165, 1.54) is 29.6 Å². The molecular formula is C19H9F5N4O4S. The Hall–Kier alpha value is -3.94. The van der Waals surface area contributed by atoms with Crippen molar-refractivity contribution in [2.75, 3.05) is 5.32 Å². The molecule has 1 aliphatic rings. The van der Waals surface area contributed by atoms with Gasteiger partial charge in [0.25, 0.3) is 5.91 Å². The Kier molecular flexibility index (Phi) is 4.63. The van der Waals surface area contributed by atoms with E-state index < -0.39 is 24.3 Å². The highest BCUT2D eigenvalue weighted by atomic mass is 32.1. The Balaban J connectivity index is 1.33. The molecule has 0 radical (unpaired) electrons. The van der Waals surface area contributed by atoms with Crippen LogP contribution in [0.1, 0.15) is 10.5 Å². The highest BCUT2D eigenvalue weighted by Gasteiger charge is 2.43. The van der Waals surface area contributed by atoms with Gasteiger partial charge in [0.2, 0.25) is 5.95 Å². The molecule has 1 aliphatic heterocycles. The van der Waals surface area contributed by atoms with Crippen LogP contribution in [0.25, 0.3) is 21.6 Å². The molecule has 0 fully saturated rings. The number of carbonyl (C=O) groups excluding carboxylic acids is 1. The van der Waals surface area contributed by atoms with Crippen LogP contribution < -0.4 is 19.5 Å². The SMILES string of the molecule is O=C(Nc1nc2cc3c(cc2[nH]1)OC(F)(F)O3)c1csc(-c2cccc(OC(F)(F)F)c2)n1. The monoisotopic (exact) mass is 484 g/mol. The average molecular weight is 484 g/mol. The van der Waals surface area contributed by atoms with E-state index in [4.69, 9.17) is 0 Å². The zero-order chi connectivity index (χ0) is 23.4. The van der Waals surface area contributed by atoms with E-state index in [1.54, 1.807) is 0 Å². The molecule has 0 saturated heterocycles. The predicted octanol–water partition coefficient (Wildman–Crippen LogP) is 5.16. The lowest BCUT2D eigenvalue weighted by Crippen LogP contribution is -2.25. The van der Waals surface area contributed by atoms with Gasteiger partial charge in [0.05, 0.1) is 11.0 Å². The Morgan fingerprint density at radius 2 is 1.88 bits per heavy atom. The van der Waals surface area contributed by atoms with Gasteiger partial charge in [-0.05, 0) is 12.1 Å². The molecule has 4 aromatic rings. The standard InChI is InChI=1S/C19H9F5N4O4S/c20-18(21,22)30-9-3-1-2-8(4-9)16-25-12(7-33-16)15(29)28-17-26-10-5-13-14(6-11(10)27-17)32-19(23,24)31-13/h1-7H,(H2,26,27,28,29). The third-order valence-electron chi connectivity index (χ3n) is 4.29. The van der Waals surface area contributed by atoms with Crippen LogP contribution in [0.4, 0.5) is 27.9 Å². The molecule has 0 bridgehead atoms. The van der Waals surface area contributed by atoms with Crippen LogP contribution in [0.5, 0.6) is 17.2 Å². The van der Waals surface area contributed by atoms with Gasteiger partial charge >= 0.3 is 12.7 Å². The predicted molar refractivity (Wildman–Crippen MR) is 104 cm³/mol. The van der Waals surface area contributed by atoms with Crippen molar-refractivity contribution in [1.29, 1.82) is 0 Å². The lowest BCUT2D eigenvalue weighted by atomic mass is 10.2.